The van der Waals surface area contributed by atoms with Gasteiger partial charge in [-0.3, -0.25) is 10.1 Å². The van der Waals surface area contributed by atoms with Gasteiger partial charge < -0.3 is 20.9 Å². The summed E-state index contributed by atoms with van der Waals surface area (Å²) in [6.45, 7) is 1.71. The van der Waals surface area contributed by atoms with Crippen LogP contribution in [0.1, 0.15) is 18.6 Å². The minimum Gasteiger partial charge on any atom is -0.505 e. The van der Waals surface area contributed by atoms with E-state index in [-0.39, 0.29) is 0 Å². The number of phenolic OH excluding ortho intramolecular Hbond substituents is 1. The van der Waals surface area contributed by atoms with E-state index >= 15 is 0 Å². The molecule has 0 saturated carbocycles. The summed E-state index contributed by atoms with van der Waals surface area (Å²) in [7, 11) is 0. The standard InChI is InChI=1S/C25H23BrFN3O4/c1-15(6-13-23(32)30-21-5-3-2-4-20(21)28)24(16-7-12-22(31)19(27)14-16)34-25(33)29-18-10-8-17(26)9-11-18/h2-15,24,31H,28H2,1H3,(H,29,33)(H,30,32)/b13-6+/t15-,24-/m1/s1. The third kappa shape index (κ3) is 6.82. The number of halogens is 2. The maximum atomic E-state index is 14.0. The van der Waals surface area contributed by atoms with Gasteiger partial charge in [-0.1, -0.05) is 47.1 Å². The van der Waals surface area contributed by atoms with Crippen molar-refractivity contribution in [2.75, 3.05) is 16.4 Å². The van der Waals surface area contributed by atoms with E-state index in [0.29, 0.717) is 22.6 Å². The van der Waals surface area contributed by atoms with Gasteiger partial charge in [0.2, 0.25) is 5.91 Å². The third-order valence-electron chi connectivity index (χ3n) is 4.87. The van der Waals surface area contributed by atoms with E-state index in [9.17, 15) is 19.1 Å². The van der Waals surface area contributed by atoms with Gasteiger partial charge in [-0.2, -0.15) is 0 Å². The van der Waals surface area contributed by atoms with Crippen molar-refractivity contribution < 1.29 is 23.8 Å². The Balaban J connectivity index is 1.76. The first kappa shape index (κ1) is 24.8. The number of para-hydroxylation sites is 2. The molecule has 176 valence electrons. The van der Waals surface area contributed by atoms with Crippen LogP contribution >= 0.6 is 15.9 Å². The molecule has 0 fully saturated rings. The quantitative estimate of drug-likeness (QED) is 0.222. The lowest BCUT2D eigenvalue weighted by atomic mass is 9.96. The monoisotopic (exact) mass is 527 g/mol. The number of nitrogens with one attached hydrogen (secondary N) is 2. The number of ether oxygens (including phenoxy) is 1. The lowest BCUT2D eigenvalue weighted by Gasteiger charge is -2.23. The largest absolute Gasteiger partial charge is 0.505 e. The molecule has 0 spiro atoms. The summed E-state index contributed by atoms with van der Waals surface area (Å²) in [5, 5.41) is 14.8. The van der Waals surface area contributed by atoms with E-state index in [4.69, 9.17) is 10.5 Å². The molecule has 0 aromatic heterocycles. The minimum atomic E-state index is -0.948. The molecule has 34 heavy (non-hydrogen) atoms. The summed E-state index contributed by atoms with van der Waals surface area (Å²) in [6.07, 6.45) is 1.12. The molecule has 2 amide bonds. The molecule has 0 aliphatic heterocycles. The molecule has 0 aliphatic rings. The van der Waals surface area contributed by atoms with Gasteiger partial charge in [0.1, 0.15) is 6.10 Å². The molecule has 0 aliphatic carbocycles. The zero-order valence-electron chi connectivity index (χ0n) is 18.2. The summed E-state index contributed by atoms with van der Waals surface area (Å²) in [5.74, 6) is -2.34. The molecular weight excluding hydrogens is 505 g/mol. The average Bonchev–Trinajstić information content (AvgIpc) is 2.81. The van der Waals surface area contributed by atoms with Crippen molar-refractivity contribution in [2.45, 2.75) is 13.0 Å². The van der Waals surface area contributed by atoms with Crippen LogP contribution in [0.3, 0.4) is 0 Å². The normalized spacial score (nSPS) is 12.7. The van der Waals surface area contributed by atoms with Crippen molar-refractivity contribution in [3.63, 3.8) is 0 Å². The third-order valence-corrected chi connectivity index (χ3v) is 5.40. The van der Waals surface area contributed by atoms with Crippen molar-refractivity contribution in [1.82, 2.24) is 0 Å². The maximum Gasteiger partial charge on any atom is 0.412 e. The molecule has 7 nitrogen and oxygen atoms in total. The highest BCUT2D eigenvalue weighted by Gasteiger charge is 2.24. The zero-order chi connectivity index (χ0) is 24.7. The number of nitrogen functional groups attached to an aromatic ring is 1. The highest BCUT2D eigenvalue weighted by atomic mass is 79.9. The van der Waals surface area contributed by atoms with Crippen LogP contribution in [-0.4, -0.2) is 17.1 Å². The fraction of sp³-hybridized carbons (Fsp3) is 0.120. The Morgan fingerprint density at radius 1 is 1.09 bits per heavy atom. The highest BCUT2D eigenvalue weighted by Crippen LogP contribution is 2.30. The summed E-state index contributed by atoms with van der Waals surface area (Å²) >= 11 is 3.32. The molecule has 0 heterocycles. The molecule has 0 bridgehead atoms. The number of rotatable bonds is 7. The number of carbonyl (C=O) groups excluding carboxylic acids is 2. The number of amides is 2. The van der Waals surface area contributed by atoms with Crippen molar-refractivity contribution in [1.29, 1.82) is 0 Å². The summed E-state index contributed by atoms with van der Waals surface area (Å²) in [6, 6.07) is 17.4. The van der Waals surface area contributed by atoms with E-state index in [1.54, 1.807) is 55.5 Å². The molecule has 3 aromatic carbocycles. The maximum absolute atomic E-state index is 14.0. The van der Waals surface area contributed by atoms with Crippen LogP contribution in [0.15, 0.2) is 83.4 Å². The van der Waals surface area contributed by atoms with Gasteiger partial charge in [-0.15, -0.1) is 0 Å². The molecule has 2 atom stereocenters. The second-order valence-electron chi connectivity index (χ2n) is 7.46. The van der Waals surface area contributed by atoms with Crippen LogP contribution in [0, 0.1) is 11.7 Å². The Kier molecular flexibility index (Phi) is 8.26. The lowest BCUT2D eigenvalue weighted by molar-refractivity contribution is -0.111. The Bertz CT molecular complexity index is 1200. The molecule has 3 rings (SSSR count). The number of hydrogen-bond acceptors (Lipinski definition) is 5. The van der Waals surface area contributed by atoms with Gasteiger partial charge in [-0.05, 0) is 60.2 Å². The van der Waals surface area contributed by atoms with Gasteiger partial charge >= 0.3 is 6.09 Å². The molecular formula is C25H23BrFN3O4. The fourth-order valence-electron chi connectivity index (χ4n) is 3.10. The number of hydrogen-bond donors (Lipinski definition) is 4. The molecule has 5 N–H and O–H groups in total. The first-order valence-electron chi connectivity index (χ1n) is 10.3. The predicted molar refractivity (Wildman–Crippen MR) is 133 cm³/mol. The van der Waals surface area contributed by atoms with E-state index < -0.39 is 35.6 Å². The Hall–Kier alpha value is -3.85. The summed E-state index contributed by atoms with van der Waals surface area (Å²) < 4.78 is 20.4. The number of anilines is 3. The van der Waals surface area contributed by atoms with E-state index in [1.165, 1.54) is 24.3 Å². The first-order valence-corrected chi connectivity index (χ1v) is 11.1. The number of phenols is 1. The van der Waals surface area contributed by atoms with Gasteiger partial charge in [0.25, 0.3) is 0 Å². The summed E-state index contributed by atoms with van der Waals surface area (Å²) in [4.78, 5) is 24.9. The second kappa shape index (κ2) is 11.3. The van der Waals surface area contributed by atoms with Crippen LogP contribution < -0.4 is 16.4 Å². The Labute approximate surface area is 204 Å². The topological polar surface area (TPSA) is 114 Å². The zero-order valence-corrected chi connectivity index (χ0v) is 19.8. The van der Waals surface area contributed by atoms with E-state index in [0.717, 1.165) is 10.5 Å². The minimum absolute atomic E-state index is 0.311. The van der Waals surface area contributed by atoms with Crippen molar-refractivity contribution in [2.24, 2.45) is 5.92 Å². The number of aromatic hydroxyl groups is 1. The van der Waals surface area contributed by atoms with Crippen LogP contribution in [-0.2, 0) is 9.53 Å². The molecule has 9 heteroatoms. The number of nitrogens with two attached hydrogens (primary N) is 1. The van der Waals surface area contributed by atoms with Gasteiger partial charge in [0.05, 0.1) is 11.4 Å². The van der Waals surface area contributed by atoms with Gasteiger partial charge in [-0.25, -0.2) is 9.18 Å². The molecule has 0 unspecified atom stereocenters. The van der Waals surface area contributed by atoms with Crippen LogP contribution in [0.4, 0.5) is 26.2 Å². The van der Waals surface area contributed by atoms with Crippen molar-refractivity contribution in [3.05, 3.63) is 94.7 Å². The number of benzene rings is 3. The van der Waals surface area contributed by atoms with Crippen molar-refractivity contribution >= 4 is 45.0 Å². The van der Waals surface area contributed by atoms with Gasteiger partial charge in [0, 0.05) is 16.1 Å². The number of carbonyl (C=O) groups is 2. The Morgan fingerprint density at radius 3 is 2.47 bits per heavy atom. The highest BCUT2D eigenvalue weighted by molar-refractivity contribution is 9.10. The molecule has 0 radical (unpaired) electrons. The second-order valence-corrected chi connectivity index (χ2v) is 8.38. The SMILES string of the molecule is C[C@H](/C=C/C(=O)Nc1ccccc1N)[C@@H](OC(=O)Nc1ccc(Br)cc1)c1ccc(O)c(F)c1. The van der Waals surface area contributed by atoms with Crippen molar-refractivity contribution in [3.8, 4) is 5.75 Å². The van der Waals surface area contributed by atoms with E-state index in [1.807, 2.05) is 0 Å². The summed E-state index contributed by atoms with van der Waals surface area (Å²) in [5.41, 5.74) is 7.54. The Morgan fingerprint density at radius 2 is 1.79 bits per heavy atom. The van der Waals surface area contributed by atoms with Crippen LogP contribution in [0.2, 0.25) is 0 Å². The van der Waals surface area contributed by atoms with Crippen LogP contribution in [0.5, 0.6) is 5.75 Å². The van der Waals surface area contributed by atoms with Gasteiger partial charge in [0.15, 0.2) is 11.6 Å². The average molecular weight is 528 g/mol. The first-order chi connectivity index (χ1) is 16.2. The molecule has 3 aromatic rings. The van der Waals surface area contributed by atoms with E-state index in [2.05, 4.69) is 26.6 Å². The fourth-order valence-corrected chi connectivity index (χ4v) is 3.36. The molecule has 0 saturated heterocycles. The lowest BCUT2D eigenvalue weighted by Crippen LogP contribution is -2.21. The predicted octanol–water partition coefficient (Wildman–Crippen LogP) is 6.00. The smallest absolute Gasteiger partial charge is 0.412 e. The van der Waals surface area contributed by atoms with Crippen LogP contribution in [0.25, 0.3) is 0 Å².